The van der Waals surface area contributed by atoms with Crippen LogP contribution in [0.3, 0.4) is 0 Å². The lowest BCUT2D eigenvalue weighted by Crippen LogP contribution is -2.19. The minimum absolute atomic E-state index is 0.344. The minimum Gasteiger partial charge on any atom is -0.312 e. The Morgan fingerprint density at radius 2 is 2.15 bits per heavy atom. The number of aromatic nitrogens is 2. The molecule has 5 heteroatoms. The molecule has 1 unspecified atom stereocenters. The van der Waals surface area contributed by atoms with Crippen LogP contribution in [-0.2, 0) is 19.4 Å². The van der Waals surface area contributed by atoms with Crippen molar-refractivity contribution in [2.45, 2.75) is 46.2 Å². The van der Waals surface area contributed by atoms with E-state index in [-0.39, 0.29) is 0 Å². The Morgan fingerprint density at radius 3 is 2.65 bits per heavy atom. The van der Waals surface area contributed by atoms with Crippen molar-refractivity contribution in [2.24, 2.45) is 0 Å². The van der Waals surface area contributed by atoms with Gasteiger partial charge in [0.2, 0.25) is 0 Å². The van der Waals surface area contributed by atoms with E-state index < -0.39 is 0 Å². The Bertz CT molecular complexity index is 574. The molecule has 2 aromatic rings. The number of likely N-dealkylation sites (N-methyl/N-ethyl adjacent to an activating group) is 1. The molecule has 0 aromatic carbocycles. The topological polar surface area (TPSA) is 29.9 Å². The molecule has 0 aliphatic rings. The SMILES string of the molecule is CCc1nn(CC)c(CC(NC)c2ccc(C)s2)c1Br. The number of aryl methyl sites for hydroxylation is 3. The van der Waals surface area contributed by atoms with E-state index in [1.165, 1.54) is 19.9 Å². The van der Waals surface area contributed by atoms with E-state index in [4.69, 9.17) is 0 Å². The number of hydrogen-bond acceptors (Lipinski definition) is 3. The van der Waals surface area contributed by atoms with E-state index in [0.29, 0.717) is 6.04 Å². The first-order valence-corrected chi connectivity index (χ1v) is 8.69. The van der Waals surface area contributed by atoms with Gasteiger partial charge in [-0.2, -0.15) is 5.10 Å². The third kappa shape index (κ3) is 3.15. The summed E-state index contributed by atoms with van der Waals surface area (Å²) in [4.78, 5) is 2.75. The van der Waals surface area contributed by atoms with E-state index in [0.717, 1.165) is 25.1 Å². The van der Waals surface area contributed by atoms with Crippen LogP contribution in [0.2, 0.25) is 0 Å². The summed E-state index contributed by atoms with van der Waals surface area (Å²) < 4.78 is 3.30. The molecule has 0 aliphatic carbocycles. The van der Waals surface area contributed by atoms with Gasteiger partial charge in [0.1, 0.15) is 0 Å². The lowest BCUT2D eigenvalue weighted by Gasteiger charge is -2.15. The third-order valence-corrected chi connectivity index (χ3v) is 5.57. The number of halogens is 1. The van der Waals surface area contributed by atoms with Gasteiger partial charge in [0.25, 0.3) is 0 Å². The largest absolute Gasteiger partial charge is 0.312 e. The molecule has 2 heterocycles. The summed E-state index contributed by atoms with van der Waals surface area (Å²) in [5.74, 6) is 0. The molecular formula is C15H22BrN3S. The highest BCUT2D eigenvalue weighted by Crippen LogP contribution is 2.30. The van der Waals surface area contributed by atoms with E-state index in [2.05, 4.69) is 63.9 Å². The van der Waals surface area contributed by atoms with Gasteiger partial charge in [-0.1, -0.05) is 6.92 Å². The van der Waals surface area contributed by atoms with Gasteiger partial charge in [-0.25, -0.2) is 0 Å². The van der Waals surface area contributed by atoms with Crippen LogP contribution in [0.15, 0.2) is 16.6 Å². The number of hydrogen-bond donors (Lipinski definition) is 1. The molecule has 110 valence electrons. The molecule has 2 rings (SSSR count). The molecular weight excluding hydrogens is 334 g/mol. The van der Waals surface area contributed by atoms with Gasteiger partial charge in [-0.15, -0.1) is 11.3 Å². The summed E-state index contributed by atoms with van der Waals surface area (Å²) in [5.41, 5.74) is 2.44. The monoisotopic (exact) mass is 355 g/mol. The van der Waals surface area contributed by atoms with Crippen LogP contribution < -0.4 is 5.32 Å². The van der Waals surface area contributed by atoms with Gasteiger partial charge in [0, 0.05) is 28.8 Å². The lowest BCUT2D eigenvalue weighted by molar-refractivity contribution is 0.545. The van der Waals surface area contributed by atoms with E-state index in [9.17, 15) is 0 Å². The van der Waals surface area contributed by atoms with E-state index >= 15 is 0 Å². The molecule has 0 saturated heterocycles. The molecule has 0 spiro atoms. The molecule has 1 N–H and O–H groups in total. The molecule has 0 aliphatic heterocycles. The average Bonchev–Trinajstić information content (AvgIpc) is 3.00. The maximum atomic E-state index is 4.68. The number of rotatable bonds is 6. The van der Waals surface area contributed by atoms with Crippen LogP contribution >= 0.6 is 27.3 Å². The third-order valence-electron chi connectivity index (χ3n) is 3.54. The first kappa shape index (κ1) is 15.7. The molecule has 0 radical (unpaired) electrons. The number of thiophene rings is 1. The zero-order valence-corrected chi connectivity index (χ0v) is 14.9. The van der Waals surface area contributed by atoms with Crippen molar-refractivity contribution >= 4 is 27.3 Å². The highest BCUT2D eigenvalue weighted by molar-refractivity contribution is 9.10. The van der Waals surface area contributed by atoms with Crippen LogP contribution in [0.1, 0.15) is 41.0 Å². The van der Waals surface area contributed by atoms with Gasteiger partial charge in [-0.05, 0) is 55.4 Å². The maximum absolute atomic E-state index is 4.68. The van der Waals surface area contributed by atoms with Crippen LogP contribution in [0, 0.1) is 6.92 Å². The smallest absolute Gasteiger partial charge is 0.0766 e. The normalized spacial score (nSPS) is 12.8. The zero-order chi connectivity index (χ0) is 14.7. The molecule has 1 atom stereocenters. The first-order valence-electron chi connectivity index (χ1n) is 7.08. The average molecular weight is 356 g/mol. The second-order valence-corrected chi connectivity index (χ2v) is 6.98. The summed E-state index contributed by atoms with van der Waals surface area (Å²) in [6, 6.07) is 4.76. The van der Waals surface area contributed by atoms with Crippen molar-refractivity contribution in [1.29, 1.82) is 0 Å². The second kappa shape index (κ2) is 6.87. The van der Waals surface area contributed by atoms with Crippen LogP contribution in [0.25, 0.3) is 0 Å². The van der Waals surface area contributed by atoms with Crippen molar-refractivity contribution in [3.63, 3.8) is 0 Å². The highest BCUT2D eigenvalue weighted by atomic mass is 79.9. The Balaban J connectivity index is 2.29. The predicted molar refractivity (Wildman–Crippen MR) is 89.5 cm³/mol. The van der Waals surface area contributed by atoms with Gasteiger partial charge >= 0.3 is 0 Å². The van der Waals surface area contributed by atoms with Gasteiger partial charge < -0.3 is 5.32 Å². The molecule has 0 fully saturated rings. The van der Waals surface area contributed by atoms with Crippen molar-refractivity contribution in [1.82, 2.24) is 15.1 Å². The Hall–Kier alpha value is -0.650. The van der Waals surface area contributed by atoms with Crippen LogP contribution in [0.4, 0.5) is 0 Å². The second-order valence-electron chi connectivity index (χ2n) is 4.87. The Morgan fingerprint density at radius 1 is 1.40 bits per heavy atom. The fourth-order valence-electron chi connectivity index (χ4n) is 2.39. The maximum Gasteiger partial charge on any atom is 0.0766 e. The Labute approximate surface area is 133 Å². The van der Waals surface area contributed by atoms with E-state index in [1.807, 2.05) is 18.4 Å². The zero-order valence-electron chi connectivity index (χ0n) is 12.5. The highest BCUT2D eigenvalue weighted by Gasteiger charge is 2.19. The minimum atomic E-state index is 0.344. The molecule has 0 bridgehead atoms. The lowest BCUT2D eigenvalue weighted by atomic mass is 10.1. The fraction of sp³-hybridized carbons (Fsp3) is 0.533. The number of nitrogens with zero attached hydrogens (tertiary/aromatic N) is 2. The van der Waals surface area contributed by atoms with Gasteiger partial charge in [0.05, 0.1) is 15.9 Å². The molecule has 0 saturated carbocycles. The molecule has 3 nitrogen and oxygen atoms in total. The first-order chi connectivity index (χ1) is 9.60. The summed E-state index contributed by atoms with van der Waals surface area (Å²) >= 11 is 5.59. The van der Waals surface area contributed by atoms with Crippen molar-refractivity contribution in [3.8, 4) is 0 Å². The van der Waals surface area contributed by atoms with Crippen molar-refractivity contribution in [3.05, 3.63) is 37.7 Å². The quantitative estimate of drug-likeness (QED) is 0.845. The van der Waals surface area contributed by atoms with Crippen molar-refractivity contribution < 1.29 is 0 Å². The molecule has 20 heavy (non-hydrogen) atoms. The Kier molecular flexibility index (Phi) is 5.41. The summed E-state index contributed by atoms with van der Waals surface area (Å²) in [6.07, 6.45) is 1.92. The van der Waals surface area contributed by atoms with E-state index in [1.54, 1.807) is 0 Å². The predicted octanol–water partition coefficient (Wildman–Crippen LogP) is 4.10. The van der Waals surface area contributed by atoms with Crippen molar-refractivity contribution in [2.75, 3.05) is 7.05 Å². The standard InChI is InChI=1S/C15H22BrN3S/c1-5-11-15(16)13(19(6-2)18-11)9-12(17-4)14-8-7-10(3)20-14/h7-8,12,17H,5-6,9H2,1-4H3. The van der Waals surface area contributed by atoms with Gasteiger partial charge in [0.15, 0.2) is 0 Å². The van der Waals surface area contributed by atoms with Gasteiger partial charge in [-0.3, -0.25) is 4.68 Å². The summed E-state index contributed by atoms with van der Waals surface area (Å²) in [5, 5.41) is 8.11. The summed E-state index contributed by atoms with van der Waals surface area (Å²) in [6.45, 7) is 7.36. The van der Waals surface area contributed by atoms with Crippen LogP contribution in [0.5, 0.6) is 0 Å². The molecule has 2 aromatic heterocycles. The number of nitrogens with one attached hydrogen (secondary N) is 1. The fourth-order valence-corrected chi connectivity index (χ4v) is 4.10. The molecule has 0 amide bonds. The van der Waals surface area contributed by atoms with Crippen LogP contribution in [-0.4, -0.2) is 16.8 Å². The summed E-state index contributed by atoms with van der Waals surface area (Å²) in [7, 11) is 2.03.